The lowest BCUT2D eigenvalue weighted by atomic mass is 9.96. The van der Waals surface area contributed by atoms with E-state index in [2.05, 4.69) is 44.4 Å². The number of nitrogens with one attached hydrogen (secondary N) is 1. The number of nitrogens with zero attached hydrogens (tertiary/aromatic N) is 4. The zero-order chi connectivity index (χ0) is 24.0. The van der Waals surface area contributed by atoms with Gasteiger partial charge in [-0.3, -0.25) is 9.69 Å². The molecule has 7 nitrogen and oxygen atoms in total. The molecule has 0 spiro atoms. The number of furan rings is 1. The van der Waals surface area contributed by atoms with Crippen LogP contribution in [0.15, 0.2) is 46.2 Å². The van der Waals surface area contributed by atoms with Crippen LogP contribution in [0.5, 0.6) is 0 Å². The summed E-state index contributed by atoms with van der Waals surface area (Å²) in [6.07, 6.45) is 6.71. The smallest absolute Gasteiger partial charge is 0.223 e. The number of piperidine rings is 2. The van der Waals surface area contributed by atoms with E-state index in [0.717, 1.165) is 66.9 Å². The van der Waals surface area contributed by atoms with Crippen LogP contribution < -0.4 is 10.2 Å². The number of amides is 1. The second-order valence-corrected chi connectivity index (χ2v) is 10.6. The Labute approximate surface area is 211 Å². The lowest BCUT2D eigenvalue weighted by molar-refractivity contribution is -0.125. The van der Waals surface area contributed by atoms with Gasteiger partial charge in [-0.15, -0.1) is 21.5 Å². The molecule has 1 N–H and O–H groups in total. The highest BCUT2D eigenvalue weighted by molar-refractivity contribution is 7.13. The third-order valence-electron chi connectivity index (χ3n) is 7.35. The van der Waals surface area contributed by atoms with Gasteiger partial charge in [0.25, 0.3) is 0 Å². The molecule has 186 valence electrons. The summed E-state index contributed by atoms with van der Waals surface area (Å²) in [5.74, 6) is 2.85. The Morgan fingerprint density at radius 1 is 1.06 bits per heavy atom. The predicted octanol–water partition coefficient (Wildman–Crippen LogP) is 5.10. The van der Waals surface area contributed by atoms with Crippen molar-refractivity contribution in [3.8, 4) is 10.6 Å². The summed E-state index contributed by atoms with van der Waals surface area (Å²) in [7, 11) is 0. The van der Waals surface area contributed by atoms with Crippen LogP contribution in [0.4, 0.5) is 5.82 Å². The minimum absolute atomic E-state index is 0.0256. The molecule has 3 aromatic rings. The summed E-state index contributed by atoms with van der Waals surface area (Å²) in [5, 5.41) is 13.9. The van der Waals surface area contributed by atoms with Gasteiger partial charge in [0.1, 0.15) is 17.2 Å². The van der Waals surface area contributed by atoms with Crippen LogP contribution in [0.25, 0.3) is 10.6 Å². The van der Waals surface area contributed by atoms with Crippen LogP contribution in [0.1, 0.15) is 57.0 Å². The van der Waals surface area contributed by atoms with Gasteiger partial charge in [0.05, 0.1) is 18.0 Å². The first kappa shape index (κ1) is 24.0. The molecule has 5 rings (SSSR count). The molecule has 2 fully saturated rings. The third kappa shape index (κ3) is 5.93. The lowest BCUT2D eigenvalue weighted by Gasteiger charge is -2.34. The zero-order valence-corrected chi connectivity index (χ0v) is 21.3. The Hall–Kier alpha value is -2.71. The van der Waals surface area contributed by atoms with Crippen molar-refractivity contribution in [2.24, 2.45) is 5.92 Å². The molecule has 0 aliphatic carbocycles. The van der Waals surface area contributed by atoms with Gasteiger partial charge in [-0.2, -0.15) is 0 Å². The molecular formula is C27H35N5O2S. The zero-order valence-electron chi connectivity index (χ0n) is 20.5. The summed E-state index contributed by atoms with van der Waals surface area (Å²) in [5.41, 5.74) is 0.903. The van der Waals surface area contributed by atoms with E-state index in [1.807, 2.05) is 29.6 Å². The number of hydrogen-bond acceptors (Lipinski definition) is 7. The molecule has 8 heteroatoms. The quantitative estimate of drug-likeness (QED) is 0.471. The second kappa shape index (κ2) is 11.4. The average molecular weight is 494 g/mol. The van der Waals surface area contributed by atoms with Gasteiger partial charge >= 0.3 is 0 Å². The Morgan fingerprint density at radius 3 is 2.66 bits per heavy atom. The molecular weight excluding hydrogens is 458 g/mol. The summed E-state index contributed by atoms with van der Waals surface area (Å²) < 4.78 is 6.05. The molecule has 1 atom stereocenters. The molecule has 2 aliphatic heterocycles. The number of aromatic nitrogens is 2. The van der Waals surface area contributed by atoms with Crippen molar-refractivity contribution >= 4 is 23.1 Å². The number of likely N-dealkylation sites (tertiary alicyclic amines) is 1. The Morgan fingerprint density at radius 2 is 1.91 bits per heavy atom. The van der Waals surface area contributed by atoms with E-state index in [1.165, 1.54) is 25.7 Å². The second-order valence-electron chi connectivity index (χ2n) is 9.63. The fourth-order valence-corrected chi connectivity index (χ4v) is 5.96. The van der Waals surface area contributed by atoms with Crippen LogP contribution in [0.3, 0.4) is 0 Å². The van der Waals surface area contributed by atoms with Crippen molar-refractivity contribution in [3.63, 3.8) is 0 Å². The van der Waals surface area contributed by atoms with E-state index in [-0.39, 0.29) is 11.8 Å². The molecule has 1 amide bonds. The maximum absolute atomic E-state index is 12.8. The fourth-order valence-electron chi connectivity index (χ4n) is 5.27. The third-order valence-corrected chi connectivity index (χ3v) is 8.24. The molecule has 0 aromatic carbocycles. The number of carbonyl (C=O) groups excluding carboxylic acids is 1. The average Bonchev–Trinajstić information content (AvgIpc) is 3.61. The van der Waals surface area contributed by atoms with E-state index in [4.69, 9.17) is 4.42 Å². The van der Waals surface area contributed by atoms with Crippen LogP contribution >= 0.6 is 11.3 Å². The molecule has 0 saturated carbocycles. The highest BCUT2D eigenvalue weighted by atomic mass is 32.1. The van der Waals surface area contributed by atoms with Gasteiger partial charge in [0.2, 0.25) is 5.91 Å². The largest absolute Gasteiger partial charge is 0.463 e. The van der Waals surface area contributed by atoms with Crippen molar-refractivity contribution in [2.45, 2.75) is 64.6 Å². The van der Waals surface area contributed by atoms with E-state index < -0.39 is 0 Å². The highest BCUT2D eigenvalue weighted by Gasteiger charge is 2.26. The highest BCUT2D eigenvalue weighted by Crippen LogP contribution is 2.26. The molecule has 2 aliphatic rings. The molecule has 3 aromatic heterocycles. The van der Waals surface area contributed by atoms with Crippen molar-refractivity contribution < 1.29 is 9.21 Å². The molecule has 1 unspecified atom stereocenters. The van der Waals surface area contributed by atoms with Crippen molar-refractivity contribution in [2.75, 3.05) is 24.5 Å². The molecule has 2 saturated heterocycles. The number of rotatable bonds is 8. The van der Waals surface area contributed by atoms with Gasteiger partial charge in [0.15, 0.2) is 5.82 Å². The van der Waals surface area contributed by atoms with Gasteiger partial charge in [-0.1, -0.05) is 19.4 Å². The standard InChI is InChI=1S/C27H35N5O2S/c1-2-21-6-3-4-14-32(21)19-23-9-8-22(34-23)18-28-27(33)20-12-15-31(16-13-20)26-11-10-24(29-30-26)25-7-5-17-35-25/h5,7-11,17,20-21H,2-4,6,12-16,18-19H2,1H3,(H,28,33). The minimum atomic E-state index is 0.0256. The van der Waals surface area contributed by atoms with Crippen molar-refractivity contribution in [1.82, 2.24) is 20.4 Å². The Balaban J connectivity index is 1.07. The summed E-state index contributed by atoms with van der Waals surface area (Å²) >= 11 is 1.66. The van der Waals surface area contributed by atoms with Gasteiger partial charge < -0.3 is 14.6 Å². The van der Waals surface area contributed by atoms with E-state index in [9.17, 15) is 4.79 Å². The van der Waals surface area contributed by atoms with Gasteiger partial charge in [0, 0.05) is 25.0 Å². The van der Waals surface area contributed by atoms with Crippen LogP contribution in [0.2, 0.25) is 0 Å². The number of anilines is 1. The monoisotopic (exact) mass is 493 g/mol. The number of thiophene rings is 1. The number of hydrogen-bond donors (Lipinski definition) is 1. The van der Waals surface area contributed by atoms with E-state index in [0.29, 0.717) is 12.6 Å². The fraction of sp³-hybridized carbons (Fsp3) is 0.519. The first-order valence-electron chi connectivity index (χ1n) is 12.9. The Bertz CT molecular complexity index is 1070. The topological polar surface area (TPSA) is 74.5 Å². The van der Waals surface area contributed by atoms with Crippen molar-refractivity contribution in [3.05, 3.63) is 53.3 Å². The van der Waals surface area contributed by atoms with Gasteiger partial charge in [-0.25, -0.2) is 0 Å². The summed E-state index contributed by atoms with van der Waals surface area (Å²) in [6.45, 7) is 6.35. The maximum Gasteiger partial charge on any atom is 0.223 e. The van der Waals surface area contributed by atoms with Gasteiger partial charge in [-0.05, 0) is 74.4 Å². The molecule has 0 bridgehead atoms. The van der Waals surface area contributed by atoms with Crippen molar-refractivity contribution in [1.29, 1.82) is 0 Å². The predicted molar refractivity (Wildman–Crippen MR) is 139 cm³/mol. The summed E-state index contributed by atoms with van der Waals surface area (Å²) in [4.78, 5) is 18.7. The SMILES string of the molecule is CCC1CCCCN1Cc1ccc(CNC(=O)C2CCN(c3ccc(-c4cccs4)nn3)CC2)o1. The van der Waals surface area contributed by atoms with Crippen LogP contribution in [-0.2, 0) is 17.9 Å². The first-order chi connectivity index (χ1) is 17.2. The molecule has 35 heavy (non-hydrogen) atoms. The first-order valence-corrected chi connectivity index (χ1v) is 13.8. The van der Waals surface area contributed by atoms with E-state index >= 15 is 0 Å². The van der Waals surface area contributed by atoms with Crippen LogP contribution in [-0.4, -0.2) is 46.7 Å². The van der Waals surface area contributed by atoms with Crippen LogP contribution in [0, 0.1) is 5.92 Å². The molecule has 5 heterocycles. The Kier molecular flexibility index (Phi) is 7.79. The maximum atomic E-state index is 12.8. The lowest BCUT2D eigenvalue weighted by Crippen LogP contribution is -2.40. The summed E-state index contributed by atoms with van der Waals surface area (Å²) in [6, 6.07) is 12.9. The normalized spacial score (nSPS) is 19.7. The van der Waals surface area contributed by atoms with E-state index in [1.54, 1.807) is 11.3 Å². The number of carbonyl (C=O) groups is 1. The minimum Gasteiger partial charge on any atom is -0.463 e. The molecule has 0 radical (unpaired) electrons.